The fourth-order valence-corrected chi connectivity index (χ4v) is 6.89. The molecule has 0 atom stereocenters. The maximum atomic E-state index is 14.1. The molecule has 0 bridgehead atoms. The molecule has 0 aromatic heterocycles. The van der Waals surface area contributed by atoms with Gasteiger partial charge in [-0.2, -0.15) is 27.2 Å². The number of hydrogen-bond acceptors (Lipinski definition) is 5. The standard InChI is InChI=1S/C32H38F6N2O3S/c33-26-11-5-9-24(21-26)28-13-6-10-25-22-27(41)14-15-29(25)30(28)12-3-1-2-4-17-40(23-39)18-8-20-44(42,43)19-7-16-31(34,35)32(36,37)38/h5,9,11,14-15,21-22,41H,1-4,6-8,10,12-13,16-20H2. The number of benzene rings is 2. The molecule has 0 saturated heterocycles. The van der Waals surface area contributed by atoms with E-state index < -0.39 is 46.3 Å². The molecule has 0 unspecified atom stereocenters. The number of aromatic hydroxyl groups is 1. The lowest BCUT2D eigenvalue weighted by molar-refractivity contribution is -0.284. The third kappa shape index (κ3) is 10.5. The van der Waals surface area contributed by atoms with E-state index >= 15 is 0 Å². The van der Waals surface area contributed by atoms with Crippen LogP contribution in [-0.2, 0) is 16.3 Å². The molecule has 0 heterocycles. The molecular formula is C32H38F6N2O3S. The van der Waals surface area contributed by atoms with Gasteiger partial charge in [-0.25, -0.2) is 12.8 Å². The van der Waals surface area contributed by atoms with Crippen molar-refractivity contribution in [3.63, 3.8) is 0 Å². The Balaban J connectivity index is 1.46. The highest BCUT2D eigenvalue weighted by molar-refractivity contribution is 7.91. The molecule has 2 aromatic carbocycles. The van der Waals surface area contributed by atoms with E-state index in [0.717, 1.165) is 72.8 Å². The molecule has 5 nitrogen and oxygen atoms in total. The smallest absolute Gasteiger partial charge is 0.453 e. The normalized spacial score (nSPS) is 14.2. The minimum atomic E-state index is -5.71. The van der Waals surface area contributed by atoms with Crippen LogP contribution in [0.3, 0.4) is 0 Å². The summed E-state index contributed by atoms with van der Waals surface area (Å²) in [6, 6.07) is 12.0. The van der Waals surface area contributed by atoms with E-state index in [0.29, 0.717) is 13.0 Å². The van der Waals surface area contributed by atoms with Crippen molar-refractivity contribution >= 4 is 21.0 Å². The van der Waals surface area contributed by atoms with Crippen LogP contribution in [0.25, 0.3) is 11.1 Å². The summed E-state index contributed by atoms with van der Waals surface area (Å²) in [6.45, 7) is 0.551. The number of fused-ring (bicyclic) bond motifs is 1. The van der Waals surface area contributed by atoms with Gasteiger partial charge in [-0.15, -0.1) is 0 Å². The van der Waals surface area contributed by atoms with Crippen LogP contribution in [0.15, 0.2) is 42.5 Å². The zero-order valence-electron chi connectivity index (χ0n) is 24.5. The maximum Gasteiger partial charge on any atom is 0.453 e. The number of phenols is 1. The van der Waals surface area contributed by atoms with Gasteiger partial charge in [0.05, 0.1) is 11.5 Å². The Labute approximate surface area is 255 Å². The van der Waals surface area contributed by atoms with Gasteiger partial charge in [0.2, 0.25) is 0 Å². The SMILES string of the molecule is N#CN(CCCCCCC1=C(c2cccc(F)c2)CCCc2cc(O)ccc21)CCCS(=O)(=O)CCCC(F)(F)C(F)(F)F. The summed E-state index contributed by atoms with van der Waals surface area (Å²) in [5.74, 6) is -6.18. The quantitative estimate of drug-likeness (QED) is 0.0861. The molecule has 0 radical (unpaired) electrons. The molecule has 44 heavy (non-hydrogen) atoms. The maximum absolute atomic E-state index is 14.1. The lowest BCUT2D eigenvalue weighted by Crippen LogP contribution is -2.36. The average Bonchev–Trinajstić information content (AvgIpc) is 3.11. The lowest BCUT2D eigenvalue weighted by Gasteiger charge is -2.19. The lowest BCUT2D eigenvalue weighted by atomic mass is 9.89. The fourth-order valence-electron chi connectivity index (χ4n) is 5.53. The molecule has 1 N–H and O–H groups in total. The second-order valence-corrected chi connectivity index (χ2v) is 13.5. The van der Waals surface area contributed by atoms with E-state index in [-0.39, 0.29) is 24.5 Å². The van der Waals surface area contributed by atoms with Crippen LogP contribution in [0.4, 0.5) is 26.3 Å². The molecular weight excluding hydrogens is 606 g/mol. The third-order valence-electron chi connectivity index (χ3n) is 7.81. The summed E-state index contributed by atoms with van der Waals surface area (Å²) in [6.07, 6.45) is 0.457. The number of allylic oxidation sites excluding steroid dienone is 2. The van der Waals surface area contributed by atoms with Crippen molar-refractivity contribution in [2.75, 3.05) is 24.6 Å². The molecule has 3 rings (SSSR count). The minimum absolute atomic E-state index is 0.0670. The molecule has 2 aromatic rings. The monoisotopic (exact) mass is 644 g/mol. The van der Waals surface area contributed by atoms with Crippen molar-refractivity contribution in [3.05, 3.63) is 65.0 Å². The summed E-state index contributed by atoms with van der Waals surface area (Å²) in [5.41, 5.74) is 5.24. The molecule has 0 amide bonds. The molecule has 0 aliphatic heterocycles. The zero-order valence-corrected chi connectivity index (χ0v) is 25.3. The number of nitrogens with zero attached hydrogens (tertiary/aromatic N) is 2. The minimum Gasteiger partial charge on any atom is -0.508 e. The summed E-state index contributed by atoms with van der Waals surface area (Å²) in [7, 11) is -3.83. The second kappa shape index (κ2) is 15.7. The van der Waals surface area contributed by atoms with Crippen molar-refractivity contribution in [1.29, 1.82) is 5.26 Å². The van der Waals surface area contributed by atoms with Gasteiger partial charge >= 0.3 is 12.1 Å². The molecule has 0 fully saturated rings. The summed E-state index contributed by atoms with van der Waals surface area (Å²) >= 11 is 0. The molecule has 12 heteroatoms. The summed E-state index contributed by atoms with van der Waals surface area (Å²) < 4.78 is 101. The first kappa shape index (κ1) is 35.3. The Kier molecular flexibility index (Phi) is 12.6. The third-order valence-corrected chi connectivity index (χ3v) is 9.64. The number of aryl methyl sites for hydroxylation is 1. The zero-order chi connectivity index (χ0) is 32.4. The molecule has 1 aliphatic rings. The van der Waals surface area contributed by atoms with Gasteiger partial charge in [-0.05, 0) is 103 Å². The van der Waals surface area contributed by atoms with Gasteiger partial charge in [0.25, 0.3) is 0 Å². The van der Waals surface area contributed by atoms with E-state index in [1.54, 1.807) is 24.3 Å². The second-order valence-electron chi connectivity index (χ2n) is 11.2. The van der Waals surface area contributed by atoms with Gasteiger partial charge in [0.15, 0.2) is 6.19 Å². The number of unbranched alkanes of at least 4 members (excludes halogenated alkanes) is 3. The highest BCUT2D eigenvalue weighted by Crippen LogP contribution is 2.40. The Morgan fingerprint density at radius 1 is 0.886 bits per heavy atom. The molecule has 1 aliphatic carbocycles. The number of rotatable bonds is 16. The van der Waals surface area contributed by atoms with Gasteiger partial charge in [0.1, 0.15) is 21.4 Å². The molecule has 0 saturated carbocycles. The predicted octanol–water partition coefficient (Wildman–Crippen LogP) is 8.29. The van der Waals surface area contributed by atoms with E-state index in [9.17, 15) is 45.1 Å². The first-order chi connectivity index (χ1) is 20.7. The van der Waals surface area contributed by atoms with Gasteiger partial charge in [-0.3, -0.25) is 0 Å². The van der Waals surface area contributed by atoms with Crippen molar-refractivity contribution < 1.29 is 39.9 Å². The van der Waals surface area contributed by atoms with Gasteiger partial charge < -0.3 is 10.0 Å². The van der Waals surface area contributed by atoms with Crippen molar-refractivity contribution in [2.24, 2.45) is 0 Å². The van der Waals surface area contributed by atoms with Crippen molar-refractivity contribution in [2.45, 2.75) is 82.7 Å². The van der Waals surface area contributed by atoms with E-state index in [2.05, 4.69) is 0 Å². The van der Waals surface area contributed by atoms with Gasteiger partial charge in [0, 0.05) is 19.5 Å². The van der Waals surface area contributed by atoms with Crippen LogP contribution in [0, 0.1) is 17.3 Å². The van der Waals surface area contributed by atoms with Crippen LogP contribution in [0.2, 0.25) is 0 Å². The van der Waals surface area contributed by atoms with E-state index in [1.807, 2.05) is 18.3 Å². The number of halogens is 6. The highest BCUT2D eigenvalue weighted by Gasteiger charge is 2.56. The van der Waals surface area contributed by atoms with Crippen molar-refractivity contribution in [1.82, 2.24) is 4.90 Å². The van der Waals surface area contributed by atoms with Gasteiger partial charge in [-0.1, -0.05) is 31.0 Å². The van der Waals surface area contributed by atoms with Crippen LogP contribution in [-0.4, -0.2) is 55.1 Å². The number of nitriles is 1. The van der Waals surface area contributed by atoms with Crippen LogP contribution in [0.5, 0.6) is 5.75 Å². The van der Waals surface area contributed by atoms with E-state index in [1.165, 1.54) is 11.0 Å². The first-order valence-corrected chi connectivity index (χ1v) is 16.6. The Morgan fingerprint density at radius 3 is 2.30 bits per heavy atom. The number of phenolic OH excluding ortho intramolecular Hbond substituents is 1. The van der Waals surface area contributed by atoms with Crippen LogP contribution in [0.1, 0.15) is 80.9 Å². The highest BCUT2D eigenvalue weighted by atomic mass is 32.2. The number of sulfone groups is 1. The molecule has 0 spiro atoms. The summed E-state index contributed by atoms with van der Waals surface area (Å²) in [4.78, 5) is 1.42. The first-order valence-electron chi connectivity index (χ1n) is 14.8. The molecule has 242 valence electrons. The average molecular weight is 645 g/mol. The predicted molar refractivity (Wildman–Crippen MR) is 158 cm³/mol. The fraction of sp³-hybridized carbons (Fsp3) is 0.531. The van der Waals surface area contributed by atoms with Crippen LogP contribution < -0.4 is 0 Å². The van der Waals surface area contributed by atoms with Crippen molar-refractivity contribution in [3.8, 4) is 11.9 Å². The Bertz CT molecular complexity index is 1430. The Morgan fingerprint density at radius 2 is 1.59 bits per heavy atom. The largest absolute Gasteiger partial charge is 0.508 e. The Hall–Kier alpha value is -3.20. The van der Waals surface area contributed by atoms with Crippen LogP contribution >= 0.6 is 0 Å². The summed E-state index contributed by atoms with van der Waals surface area (Å²) in [5, 5.41) is 19.4. The number of alkyl halides is 5. The topological polar surface area (TPSA) is 81.4 Å². The number of hydrogen-bond donors (Lipinski definition) is 1. The van der Waals surface area contributed by atoms with E-state index in [4.69, 9.17) is 0 Å².